The maximum atomic E-state index is 13.2. The van der Waals surface area contributed by atoms with Crippen LogP contribution >= 0.6 is 25.2 Å². The predicted octanol–water partition coefficient (Wildman–Crippen LogP) is -1.54. The molecule has 1 aliphatic rings. The highest BCUT2D eigenvalue weighted by molar-refractivity contribution is 8.43. The number of nitrogens with zero attached hydrogens (tertiary/aromatic N) is 2. The van der Waals surface area contributed by atoms with Crippen molar-refractivity contribution in [1.29, 1.82) is 0 Å². The van der Waals surface area contributed by atoms with Gasteiger partial charge in [-0.1, -0.05) is 0 Å². The van der Waals surface area contributed by atoms with Crippen molar-refractivity contribution in [3.8, 4) is 0 Å². The minimum Gasteiger partial charge on any atom is -0.370 e. The van der Waals surface area contributed by atoms with Gasteiger partial charge in [0.2, 0.25) is 23.6 Å². The number of carbonyl (C=O) groups excluding carboxylic acids is 5. The van der Waals surface area contributed by atoms with Crippen LogP contribution in [0.1, 0.15) is 45.4 Å². The minimum absolute atomic E-state index is 0.0748. The number of hydrogen-bond acceptors (Lipinski definition) is 7. The fourth-order valence-electron chi connectivity index (χ4n) is 3.43. The first-order chi connectivity index (χ1) is 16.8. The first-order valence-corrected chi connectivity index (χ1v) is 16.2. The Kier molecular flexibility index (Phi) is 14.3. The molecule has 9 N–H and O–H groups in total. The average molecular weight is 565 g/mol. The van der Waals surface area contributed by atoms with Crippen molar-refractivity contribution in [1.82, 2.24) is 20.9 Å². The van der Waals surface area contributed by atoms with Crippen molar-refractivity contribution in [2.45, 2.75) is 69.4 Å². The molecule has 1 rings (SSSR count). The number of nitrogens with one attached hydrogen (secondary N) is 3. The molecule has 0 radical (unpaired) electrons. The van der Waals surface area contributed by atoms with E-state index in [0.717, 1.165) is 0 Å². The van der Waals surface area contributed by atoms with Crippen LogP contribution in [0.25, 0.3) is 0 Å². The summed E-state index contributed by atoms with van der Waals surface area (Å²) in [6.45, 7) is 2.02. The summed E-state index contributed by atoms with van der Waals surface area (Å²) >= 11 is 0. The number of Topliss-reactive ketones (excluding diaryl/α,β-unsaturated/α-hetero) is 1. The fraction of sp³-hybridized carbons (Fsp3) is 0.700. The smallest absolute Gasteiger partial charge is 0.248 e. The van der Waals surface area contributed by atoms with Crippen LogP contribution in [0.2, 0.25) is 0 Å². The second kappa shape index (κ2) is 16.0. The zero-order chi connectivity index (χ0) is 27.4. The van der Waals surface area contributed by atoms with Crippen LogP contribution in [-0.2, 0) is 24.0 Å². The van der Waals surface area contributed by atoms with E-state index in [1.807, 2.05) is 0 Å². The lowest BCUT2D eigenvalue weighted by Gasteiger charge is -2.28. The van der Waals surface area contributed by atoms with E-state index in [4.69, 9.17) is 17.2 Å². The van der Waals surface area contributed by atoms with Crippen LogP contribution in [0.3, 0.4) is 0 Å². The molecule has 0 bridgehead atoms. The molecular weight excluding hydrogens is 525 g/mol. The van der Waals surface area contributed by atoms with Gasteiger partial charge in [0.1, 0.15) is 11.8 Å². The first kappa shape index (κ1) is 32.1. The molecule has 6 atom stereocenters. The lowest BCUT2D eigenvalue weighted by Crippen LogP contribution is -2.57. The largest absolute Gasteiger partial charge is 0.370 e. The molecule has 204 valence electrons. The number of rotatable bonds is 8. The summed E-state index contributed by atoms with van der Waals surface area (Å²) in [5.41, 5.74) is 16.6. The summed E-state index contributed by atoms with van der Waals surface area (Å²) in [5.74, 6) is -3.46. The van der Waals surface area contributed by atoms with Crippen molar-refractivity contribution in [3.63, 3.8) is 0 Å². The van der Waals surface area contributed by atoms with Crippen molar-refractivity contribution in [3.05, 3.63) is 0 Å². The zero-order valence-corrected chi connectivity index (χ0v) is 23.9. The van der Waals surface area contributed by atoms with E-state index in [1.165, 1.54) is 11.8 Å². The normalized spacial score (nSPS) is 23.2. The lowest BCUT2D eigenvalue weighted by atomic mass is 10.1. The lowest BCUT2D eigenvalue weighted by molar-refractivity contribution is -0.137. The Bertz CT molecular complexity index is 840. The molecule has 6 unspecified atom stereocenters. The molecule has 0 aromatic heterocycles. The molecule has 36 heavy (non-hydrogen) atoms. The second-order valence-electron chi connectivity index (χ2n) is 8.66. The molecule has 1 saturated heterocycles. The summed E-state index contributed by atoms with van der Waals surface area (Å²) in [6, 6.07) is -2.91. The van der Waals surface area contributed by atoms with Gasteiger partial charge in [-0.25, -0.2) is 0 Å². The van der Waals surface area contributed by atoms with Crippen molar-refractivity contribution in [2.75, 3.05) is 20.1 Å². The predicted molar refractivity (Wildman–Crippen MR) is 147 cm³/mol. The summed E-state index contributed by atoms with van der Waals surface area (Å²) in [6.07, 6.45) is 2.04. The Morgan fingerprint density at radius 2 is 1.86 bits per heavy atom. The summed E-state index contributed by atoms with van der Waals surface area (Å²) in [5, 5.41) is 7.86. The Labute approximate surface area is 217 Å². The summed E-state index contributed by atoms with van der Waals surface area (Å²) < 4.78 is 0. The van der Waals surface area contributed by atoms with Gasteiger partial charge in [0.05, 0.1) is 18.5 Å². The number of amides is 4. The van der Waals surface area contributed by atoms with Gasteiger partial charge >= 0.3 is 0 Å². The van der Waals surface area contributed by atoms with E-state index in [2.05, 4.69) is 38.8 Å². The Balaban J connectivity index is 3.12. The van der Waals surface area contributed by atoms with E-state index in [-0.39, 0.29) is 37.0 Å². The topological polar surface area (TPSA) is 215 Å². The van der Waals surface area contributed by atoms with Gasteiger partial charge < -0.3 is 38.1 Å². The Hall–Kier alpha value is -1.93. The van der Waals surface area contributed by atoms with Crippen LogP contribution < -0.4 is 33.2 Å². The molecule has 0 aromatic carbocycles. The third-order valence-electron chi connectivity index (χ3n) is 5.61. The summed E-state index contributed by atoms with van der Waals surface area (Å²) in [4.78, 5) is 69.1. The molecule has 0 aromatic rings. The number of nitrogens with two attached hydrogens (primary N) is 3. The molecule has 1 heterocycles. The highest BCUT2D eigenvalue weighted by Crippen LogP contribution is 2.56. The molecule has 16 heteroatoms. The van der Waals surface area contributed by atoms with E-state index in [9.17, 15) is 24.0 Å². The average Bonchev–Trinajstić information content (AvgIpc) is 2.79. The van der Waals surface area contributed by atoms with Gasteiger partial charge in [-0.3, -0.25) is 29.0 Å². The van der Waals surface area contributed by atoms with Crippen molar-refractivity contribution < 1.29 is 24.0 Å². The highest BCUT2D eigenvalue weighted by atomic mass is 32.4. The van der Waals surface area contributed by atoms with Crippen LogP contribution in [-0.4, -0.2) is 84.3 Å². The second-order valence-corrected chi connectivity index (χ2v) is 15.4. The van der Waals surface area contributed by atoms with E-state index < -0.39 is 48.9 Å². The van der Waals surface area contributed by atoms with E-state index >= 15 is 0 Å². The maximum absolute atomic E-state index is 13.2. The molecule has 0 spiro atoms. The number of carbonyl (C=O) groups is 5. The monoisotopic (exact) mass is 564 g/mol. The van der Waals surface area contributed by atoms with Crippen LogP contribution in [0.15, 0.2) is 4.99 Å². The minimum atomic E-state index is -1.26. The molecule has 1 aliphatic heterocycles. The molecule has 0 saturated carbocycles. The zero-order valence-electron chi connectivity index (χ0n) is 20.7. The van der Waals surface area contributed by atoms with E-state index in [1.54, 1.807) is 7.05 Å². The third kappa shape index (κ3) is 11.4. The Morgan fingerprint density at radius 3 is 2.44 bits per heavy atom. The molecule has 13 nitrogen and oxygen atoms in total. The van der Waals surface area contributed by atoms with E-state index in [0.29, 0.717) is 32.2 Å². The van der Waals surface area contributed by atoms with Gasteiger partial charge in [-0.2, -0.15) is 0 Å². The van der Waals surface area contributed by atoms with Gasteiger partial charge in [-0.05, 0) is 46.3 Å². The number of guanidine groups is 1. The SMILES string of the molecule is CC(=O)C(CCCN=C(N)N)NC(=O)C1CC(=O)N(C)CCCCC(N)C(=O)NC(P(P)P)C(=O)N1. The van der Waals surface area contributed by atoms with Gasteiger partial charge in [-0.15, -0.1) is 17.9 Å². The first-order valence-electron chi connectivity index (χ1n) is 11.6. The standard InChI is InChI=1S/C20H39N8O5P3/c1-11(29)13(7-5-8-24-20(22)23)25-17(32)14-10-15(30)28(2)9-4-3-6-12(21)16(31)27-19(36(34)35)18(33)26-14/h12-14,19H,3-10,21,34-35H2,1-2H3,(H,25,32)(H,26,33)(H,27,31)(H4,22,23,24). The quantitative estimate of drug-likeness (QED) is 0.0877. The van der Waals surface area contributed by atoms with Gasteiger partial charge in [0.15, 0.2) is 11.7 Å². The number of aliphatic imine (C=N–C) groups is 1. The molecule has 1 fully saturated rings. The van der Waals surface area contributed by atoms with Crippen LogP contribution in [0.5, 0.6) is 0 Å². The molecule has 0 aliphatic carbocycles. The Morgan fingerprint density at radius 1 is 1.19 bits per heavy atom. The molecular formula is C20H39N8O5P3. The number of hydrogen-bond donors (Lipinski definition) is 6. The van der Waals surface area contributed by atoms with Crippen LogP contribution in [0.4, 0.5) is 0 Å². The van der Waals surface area contributed by atoms with Gasteiger partial charge in [0, 0.05) is 20.1 Å². The molecule has 4 amide bonds. The van der Waals surface area contributed by atoms with Crippen molar-refractivity contribution >= 4 is 60.5 Å². The third-order valence-corrected chi connectivity index (χ3v) is 8.36. The fourth-order valence-corrected chi connectivity index (χ4v) is 5.31. The number of ketones is 1. The van der Waals surface area contributed by atoms with Gasteiger partial charge in [0.25, 0.3) is 0 Å². The van der Waals surface area contributed by atoms with Crippen LogP contribution in [0, 0.1) is 0 Å². The highest BCUT2D eigenvalue weighted by Gasteiger charge is 2.33. The maximum Gasteiger partial charge on any atom is 0.248 e. The summed E-state index contributed by atoms with van der Waals surface area (Å²) in [7, 11) is 5.38. The van der Waals surface area contributed by atoms with Crippen molar-refractivity contribution in [2.24, 2.45) is 22.2 Å².